The Bertz CT molecular complexity index is 5100. The van der Waals surface area contributed by atoms with Gasteiger partial charge in [-0.1, -0.05) is 24.3 Å². The van der Waals surface area contributed by atoms with Crippen molar-refractivity contribution in [3.63, 3.8) is 0 Å². The van der Waals surface area contributed by atoms with Crippen LogP contribution in [0, 0.1) is 5.82 Å². The Morgan fingerprint density at radius 1 is 0.387 bits per heavy atom. The zero-order valence-electron chi connectivity index (χ0n) is 69.0. The second-order valence-electron chi connectivity index (χ2n) is 31.4. The van der Waals surface area contributed by atoms with E-state index in [1.54, 1.807) is 81.4 Å². The molecule has 642 valence electrons. The third-order valence-corrected chi connectivity index (χ3v) is 25.1. The van der Waals surface area contributed by atoms with Gasteiger partial charge in [0.15, 0.2) is 39.3 Å². The van der Waals surface area contributed by atoms with Gasteiger partial charge in [0.05, 0.1) is 57.1 Å². The molecule has 8 aromatic rings. The van der Waals surface area contributed by atoms with Gasteiger partial charge < -0.3 is 73.7 Å². The number of aromatic hydroxyl groups is 2. The number of fused-ring (bicyclic) bond motifs is 4. The topological polar surface area (TPSA) is 326 Å². The molecule has 26 nitrogen and oxygen atoms in total. The highest BCUT2D eigenvalue weighted by atomic mass is 32.2. The number of hydrogen-bond donors (Lipinski definition) is 4. The number of aliphatic hydroxyl groups excluding tert-OH is 1. The average molecular weight is 1720 g/mol. The zero-order chi connectivity index (χ0) is 86.1. The van der Waals surface area contributed by atoms with Crippen LogP contribution in [-0.4, -0.2) is 209 Å². The molecule has 7 heterocycles. The highest BCUT2D eigenvalue weighted by Gasteiger charge is 2.31. The number of aliphatic hydroxyl groups is 1. The molecule has 3 fully saturated rings. The Kier molecular flexibility index (Phi) is 31.2. The van der Waals surface area contributed by atoms with Crippen LogP contribution in [-0.2, 0) is 105 Å². The molecule has 0 saturated carbocycles. The molecule has 15 rings (SSSR count). The molecule has 0 unspecified atom stereocenters. The molecule has 31 heteroatoms. The third kappa shape index (κ3) is 27.2. The van der Waals surface area contributed by atoms with E-state index < -0.39 is 45.2 Å². The summed E-state index contributed by atoms with van der Waals surface area (Å²) in [5.41, 5.74) is 12.4. The van der Waals surface area contributed by atoms with Crippen molar-refractivity contribution < 1.29 is 91.4 Å². The number of amides is 3. The second-order valence-corrected chi connectivity index (χ2v) is 39.4. The molecule has 0 radical (unpaired) electrons. The number of phenols is 2. The summed E-state index contributed by atoms with van der Waals surface area (Å²) in [6, 6.07) is 48.6. The number of carbonyl (C=O) groups excluding carboxylic acids is 3. The predicted molar refractivity (Wildman–Crippen MR) is 455 cm³/mol. The lowest BCUT2D eigenvalue weighted by molar-refractivity contribution is 0.0721. The maximum Gasteiger partial charge on any atom is 0.410 e. The van der Waals surface area contributed by atoms with Crippen LogP contribution in [0.4, 0.5) is 35.8 Å². The third-order valence-electron chi connectivity index (χ3n) is 20.6. The Morgan fingerprint density at radius 3 is 1.03 bits per heavy atom. The fourth-order valence-corrected chi connectivity index (χ4v) is 16.9. The van der Waals surface area contributed by atoms with Crippen LogP contribution in [0.2, 0.25) is 0 Å². The number of phenolic OH excluding ortho intramolecular Hbond substituents is 2. The Hall–Kier alpha value is -10.2. The normalized spacial score (nSPS) is 17.5. The van der Waals surface area contributed by atoms with Gasteiger partial charge in [-0.2, -0.15) is 0 Å². The van der Waals surface area contributed by atoms with Crippen molar-refractivity contribution in [1.29, 1.82) is 0 Å². The summed E-state index contributed by atoms with van der Waals surface area (Å²) in [5.74, 6) is 1.92. The summed E-state index contributed by atoms with van der Waals surface area (Å²) >= 11 is 0. The van der Waals surface area contributed by atoms with E-state index in [0.717, 1.165) is 160 Å². The van der Waals surface area contributed by atoms with E-state index in [0.29, 0.717) is 66.2 Å². The summed E-state index contributed by atoms with van der Waals surface area (Å²) < 4.78 is 131. The standard InChI is InChI=1S/2C24H30N2O5S.C13H17NO3.C11H15NO3S.C9H11NO.C7H7FO2S/c2*1-17(2)30-24(27)26-12-10-18-14-21(7-4-19(18)15-26)31-22-11-13-25(16-22)20-5-8-23(9-6-20)32(3,28)29;1-9(2)17-13(16)14-6-5-10-7-12(15)4-3-11(10)8-14;1-16(14,15)11-4-2-9(3-5-11)12-7-6-10(13)8-12;11-9-2-1-8-6-10-4-3-7(8)5-9;1-11(9,10)7-4-2-6(8)3-5-7/h2*4-9,14,17,22H,10-13,15-16H2,1-3H3;3-4,7,9,15H,5-6,8H2,1-2H3;2-5,10,13H,6-8H2,1H3;1-2,5,10-11H,3-4,6H2;2-5H,1H3/t2*22-;;10-;;/m00.1../s1. The number of halogens is 1. The van der Waals surface area contributed by atoms with Gasteiger partial charge in [0.2, 0.25) is 0 Å². The molecule has 7 aliphatic rings. The van der Waals surface area contributed by atoms with E-state index in [-0.39, 0.29) is 65.5 Å². The summed E-state index contributed by atoms with van der Waals surface area (Å²) in [6.45, 7) is 21.3. The van der Waals surface area contributed by atoms with Crippen molar-refractivity contribution in [2.75, 3.05) is 105 Å². The summed E-state index contributed by atoms with van der Waals surface area (Å²) in [7, 11) is -12.7. The van der Waals surface area contributed by atoms with Crippen molar-refractivity contribution in [2.24, 2.45) is 0 Å². The molecule has 119 heavy (non-hydrogen) atoms. The number of sulfone groups is 4. The zero-order valence-corrected chi connectivity index (χ0v) is 72.3. The number of anilines is 3. The quantitative estimate of drug-likeness (QED) is 0.0580. The Morgan fingerprint density at radius 2 is 0.697 bits per heavy atom. The number of nitrogens with zero attached hydrogens (tertiary/aromatic N) is 6. The van der Waals surface area contributed by atoms with Crippen molar-refractivity contribution >= 4 is 74.7 Å². The van der Waals surface area contributed by atoms with Gasteiger partial charge in [-0.05, 0) is 270 Å². The van der Waals surface area contributed by atoms with Crippen LogP contribution in [0.25, 0.3) is 0 Å². The molecular weight excluding hydrogens is 1610 g/mol. The largest absolute Gasteiger partial charge is 0.508 e. The minimum Gasteiger partial charge on any atom is -0.508 e. The molecule has 3 atom stereocenters. The minimum atomic E-state index is -3.19. The summed E-state index contributed by atoms with van der Waals surface area (Å²) in [6.07, 6.45) is 9.39. The van der Waals surface area contributed by atoms with Gasteiger partial charge in [0, 0.05) is 127 Å². The van der Waals surface area contributed by atoms with E-state index in [4.69, 9.17) is 28.8 Å². The minimum absolute atomic E-state index is 0.0729. The number of carbonyl (C=O) groups is 3. The molecule has 0 spiro atoms. The van der Waals surface area contributed by atoms with E-state index >= 15 is 0 Å². The van der Waals surface area contributed by atoms with E-state index in [2.05, 4.69) is 32.1 Å². The number of rotatable bonds is 14. The number of hydrogen-bond acceptors (Lipinski definition) is 23. The van der Waals surface area contributed by atoms with Gasteiger partial charge in [-0.15, -0.1) is 0 Å². The van der Waals surface area contributed by atoms with Crippen molar-refractivity contribution in [3.8, 4) is 23.0 Å². The van der Waals surface area contributed by atoms with Gasteiger partial charge >= 0.3 is 18.3 Å². The first kappa shape index (κ1) is 91.1. The Balaban J connectivity index is 0.000000158. The van der Waals surface area contributed by atoms with Gasteiger partial charge in [-0.3, -0.25) is 0 Å². The second kappa shape index (κ2) is 40.7. The smallest absolute Gasteiger partial charge is 0.410 e. The molecule has 0 aliphatic carbocycles. The maximum atomic E-state index is 12.3. The van der Waals surface area contributed by atoms with Gasteiger partial charge in [0.1, 0.15) is 41.0 Å². The summed E-state index contributed by atoms with van der Waals surface area (Å²) in [5, 5.41) is 31.2. The van der Waals surface area contributed by atoms with Gasteiger partial charge in [-0.25, -0.2) is 52.4 Å². The molecule has 8 aromatic carbocycles. The highest BCUT2D eigenvalue weighted by Crippen LogP contribution is 2.33. The predicted octanol–water partition coefficient (Wildman–Crippen LogP) is 12.5. The number of nitrogens with one attached hydrogen (secondary N) is 1. The summed E-state index contributed by atoms with van der Waals surface area (Å²) in [4.78, 5) is 48.9. The number of benzene rings is 8. The average Bonchev–Trinajstić information content (AvgIpc) is 1.70. The SMILES string of the molecule is CC(C)OC(=O)N1CCc2cc(O)ccc2C1.CC(C)OC(=O)N1CCc2cc(O[C@H]3CCN(c4ccc(S(C)(=O)=O)cc4)C3)ccc2C1.CC(C)OC(=O)N1CCc2cc(O[C@H]3CCN(c4ccc(S(C)(=O)=O)cc4)C3)ccc2C1.CS(=O)(=O)c1ccc(F)cc1.CS(=O)(=O)c1ccc(N2CC[C@@H](O)C2)cc1.Oc1ccc2c(c1)CCNC2. The highest BCUT2D eigenvalue weighted by molar-refractivity contribution is 7.91. The Labute approximate surface area is 699 Å². The van der Waals surface area contributed by atoms with E-state index in [1.165, 1.54) is 53.2 Å². The van der Waals surface area contributed by atoms with Crippen LogP contribution in [0.5, 0.6) is 23.0 Å². The molecule has 3 saturated heterocycles. The molecule has 0 bridgehead atoms. The van der Waals surface area contributed by atoms with Crippen LogP contribution in [0.1, 0.15) is 105 Å². The fraction of sp³-hybridized carbons (Fsp3) is 0.420. The lowest BCUT2D eigenvalue weighted by atomic mass is 10.00. The number of ether oxygens (including phenoxy) is 5. The van der Waals surface area contributed by atoms with Crippen LogP contribution >= 0.6 is 0 Å². The monoisotopic (exact) mass is 1720 g/mol. The van der Waals surface area contributed by atoms with Crippen molar-refractivity contribution in [3.05, 3.63) is 220 Å². The van der Waals surface area contributed by atoms with Crippen LogP contribution in [0.3, 0.4) is 0 Å². The van der Waals surface area contributed by atoms with E-state index in [9.17, 15) is 62.7 Å². The van der Waals surface area contributed by atoms with E-state index in [1.807, 2.05) is 108 Å². The lowest BCUT2D eigenvalue weighted by Gasteiger charge is -2.29. The number of β-amino-alcohol motifs (C(OH)–C–C–N with tert-alkyl or cyclic N) is 1. The maximum absolute atomic E-state index is 12.3. The van der Waals surface area contributed by atoms with Crippen LogP contribution < -0.4 is 29.5 Å². The molecular formula is C88H110FN7O19S4. The first-order valence-electron chi connectivity index (χ1n) is 39.8. The van der Waals surface area contributed by atoms with Crippen molar-refractivity contribution in [1.82, 2.24) is 20.0 Å². The molecule has 4 N–H and O–H groups in total. The first-order chi connectivity index (χ1) is 56.3. The van der Waals surface area contributed by atoms with Crippen LogP contribution in [0.15, 0.2) is 189 Å². The van der Waals surface area contributed by atoms with Gasteiger partial charge in [0.25, 0.3) is 0 Å². The van der Waals surface area contributed by atoms with Crippen molar-refractivity contribution in [2.45, 2.75) is 169 Å². The molecule has 7 aliphatic heterocycles. The molecule has 3 amide bonds. The first-order valence-corrected chi connectivity index (χ1v) is 47.4. The fourth-order valence-electron chi connectivity index (χ4n) is 14.4. The molecule has 0 aromatic heterocycles. The lowest BCUT2D eigenvalue weighted by Crippen LogP contribution is -2.37.